The van der Waals surface area contributed by atoms with Crippen LogP contribution in [0.4, 0.5) is 0 Å². The Bertz CT molecular complexity index is 652. The molecule has 3 aromatic rings. The van der Waals surface area contributed by atoms with E-state index in [-0.39, 0.29) is 0 Å². The molecular weight excluding hydrogens is 250 g/mol. The number of fused-ring (bicyclic) bond motifs is 1. The number of aromatic nitrogens is 3. The number of aryl methyl sites for hydroxylation is 2. The second-order valence-electron chi connectivity index (χ2n) is 3.84. The minimum Gasteiger partial charge on any atom is -0.207 e. The Kier molecular flexibility index (Phi) is 2.64. The van der Waals surface area contributed by atoms with Crippen molar-refractivity contribution in [2.24, 2.45) is 0 Å². The minimum absolute atomic E-state index is 0.956. The van der Waals surface area contributed by atoms with Gasteiger partial charge in [0.2, 0.25) is 4.96 Å². The predicted molar refractivity (Wildman–Crippen MR) is 70.9 cm³/mol. The van der Waals surface area contributed by atoms with Crippen LogP contribution in [0.25, 0.3) is 4.96 Å². The summed E-state index contributed by atoms with van der Waals surface area (Å²) in [6.45, 7) is 4.18. The summed E-state index contributed by atoms with van der Waals surface area (Å²) >= 11 is 3.45. The molecule has 0 atom stereocenters. The van der Waals surface area contributed by atoms with Gasteiger partial charge >= 0.3 is 0 Å². The standard InChI is InChI=1S/C12H11N3S2/c1-8-3-5-10(6-4-8)16-11-9(2)15-12(17-11)13-7-14-15/h3-7H,1-2H3. The van der Waals surface area contributed by atoms with Crippen LogP contribution >= 0.6 is 23.1 Å². The lowest BCUT2D eigenvalue weighted by atomic mass is 10.2. The SMILES string of the molecule is Cc1ccc(Sc2sc3ncnn3c2C)cc1. The van der Waals surface area contributed by atoms with Crippen LogP contribution in [0.5, 0.6) is 0 Å². The Hall–Kier alpha value is -1.33. The Morgan fingerprint density at radius 1 is 1.18 bits per heavy atom. The van der Waals surface area contributed by atoms with E-state index in [1.807, 2.05) is 4.52 Å². The molecule has 0 bridgehead atoms. The molecule has 17 heavy (non-hydrogen) atoms. The highest BCUT2D eigenvalue weighted by Gasteiger charge is 2.10. The van der Waals surface area contributed by atoms with Gasteiger partial charge in [-0.15, -0.1) is 0 Å². The van der Waals surface area contributed by atoms with Crippen LogP contribution < -0.4 is 0 Å². The van der Waals surface area contributed by atoms with Gasteiger partial charge in [-0.2, -0.15) is 5.10 Å². The number of hydrogen-bond acceptors (Lipinski definition) is 4. The van der Waals surface area contributed by atoms with E-state index in [4.69, 9.17) is 0 Å². The van der Waals surface area contributed by atoms with E-state index in [2.05, 4.69) is 48.2 Å². The first-order valence-electron chi connectivity index (χ1n) is 5.28. The van der Waals surface area contributed by atoms with Crippen LogP contribution in [0.1, 0.15) is 11.3 Å². The van der Waals surface area contributed by atoms with Crippen molar-refractivity contribution in [1.82, 2.24) is 14.6 Å². The number of nitrogens with zero attached hydrogens (tertiary/aromatic N) is 3. The molecule has 0 fully saturated rings. The molecule has 0 N–H and O–H groups in total. The topological polar surface area (TPSA) is 30.2 Å². The molecule has 0 radical (unpaired) electrons. The maximum atomic E-state index is 4.21. The molecule has 0 aliphatic carbocycles. The average Bonchev–Trinajstić information content (AvgIpc) is 2.87. The van der Waals surface area contributed by atoms with E-state index in [0.29, 0.717) is 0 Å². The zero-order valence-corrected chi connectivity index (χ0v) is 11.2. The van der Waals surface area contributed by atoms with Crippen LogP contribution in [0.15, 0.2) is 39.7 Å². The van der Waals surface area contributed by atoms with Crippen LogP contribution in [0.2, 0.25) is 0 Å². The van der Waals surface area contributed by atoms with Gasteiger partial charge in [0.1, 0.15) is 6.33 Å². The van der Waals surface area contributed by atoms with Crippen LogP contribution in [0, 0.1) is 13.8 Å². The van der Waals surface area contributed by atoms with Crippen LogP contribution in [-0.2, 0) is 0 Å². The fourth-order valence-corrected chi connectivity index (χ4v) is 3.75. The molecule has 0 amide bonds. The van der Waals surface area contributed by atoms with Gasteiger partial charge < -0.3 is 0 Å². The molecule has 86 valence electrons. The fraction of sp³-hybridized carbons (Fsp3) is 0.167. The van der Waals surface area contributed by atoms with Gasteiger partial charge in [-0.3, -0.25) is 0 Å². The van der Waals surface area contributed by atoms with Gasteiger partial charge in [0.25, 0.3) is 0 Å². The van der Waals surface area contributed by atoms with E-state index in [9.17, 15) is 0 Å². The summed E-state index contributed by atoms with van der Waals surface area (Å²) in [5.74, 6) is 0. The van der Waals surface area contributed by atoms with E-state index in [1.165, 1.54) is 14.7 Å². The molecule has 2 heterocycles. The quantitative estimate of drug-likeness (QED) is 0.706. The van der Waals surface area contributed by atoms with Crippen molar-refractivity contribution in [3.8, 4) is 0 Å². The van der Waals surface area contributed by atoms with Crippen molar-refractivity contribution in [3.63, 3.8) is 0 Å². The summed E-state index contributed by atoms with van der Waals surface area (Å²) in [6.07, 6.45) is 1.60. The maximum absolute atomic E-state index is 4.21. The smallest absolute Gasteiger partial charge is 0.207 e. The second-order valence-corrected chi connectivity index (χ2v) is 6.16. The fourth-order valence-electron chi connectivity index (χ4n) is 1.58. The molecule has 5 heteroatoms. The van der Waals surface area contributed by atoms with Gasteiger partial charge in [-0.1, -0.05) is 40.8 Å². The number of hydrogen-bond donors (Lipinski definition) is 0. The molecule has 0 aliphatic heterocycles. The third-order valence-electron chi connectivity index (χ3n) is 2.55. The first-order valence-corrected chi connectivity index (χ1v) is 6.91. The molecular formula is C12H11N3S2. The summed E-state index contributed by atoms with van der Waals surface area (Å²) in [7, 11) is 0. The predicted octanol–water partition coefficient (Wildman–Crippen LogP) is 3.56. The second kappa shape index (κ2) is 4.16. The zero-order chi connectivity index (χ0) is 11.8. The van der Waals surface area contributed by atoms with Crippen LogP contribution in [0.3, 0.4) is 0 Å². The first-order chi connectivity index (χ1) is 8.24. The van der Waals surface area contributed by atoms with Crippen molar-refractivity contribution in [2.75, 3.05) is 0 Å². The van der Waals surface area contributed by atoms with Gasteiger partial charge in [0, 0.05) is 4.90 Å². The molecule has 2 aromatic heterocycles. The molecule has 0 aliphatic rings. The third kappa shape index (κ3) is 1.96. The number of thiazole rings is 1. The maximum Gasteiger partial charge on any atom is 0.213 e. The van der Waals surface area contributed by atoms with Gasteiger partial charge in [-0.05, 0) is 26.0 Å². The summed E-state index contributed by atoms with van der Waals surface area (Å²) in [5.41, 5.74) is 2.45. The summed E-state index contributed by atoms with van der Waals surface area (Å²) in [5, 5.41) is 4.20. The van der Waals surface area contributed by atoms with Crippen LogP contribution in [-0.4, -0.2) is 14.6 Å². The highest BCUT2D eigenvalue weighted by atomic mass is 32.2. The number of benzene rings is 1. The van der Waals surface area contributed by atoms with Gasteiger partial charge in [0.05, 0.1) is 9.90 Å². The Morgan fingerprint density at radius 2 is 1.94 bits per heavy atom. The van der Waals surface area contributed by atoms with E-state index < -0.39 is 0 Å². The molecule has 0 unspecified atom stereocenters. The van der Waals surface area contributed by atoms with Gasteiger partial charge in [-0.25, -0.2) is 9.50 Å². The summed E-state index contributed by atoms with van der Waals surface area (Å²) < 4.78 is 3.14. The van der Waals surface area contributed by atoms with Gasteiger partial charge in [0.15, 0.2) is 0 Å². The first kappa shape index (κ1) is 10.8. The van der Waals surface area contributed by atoms with E-state index in [0.717, 1.165) is 10.7 Å². The van der Waals surface area contributed by atoms with Crippen molar-refractivity contribution in [2.45, 2.75) is 23.0 Å². The largest absolute Gasteiger partial charge is 0.213 e. The Labute approximate surface area is 108 Å². The molecule has 0 saturated carbocycles. The molecule has 3 rings (SSSR count). The summed E-state index contributed by atoms with van der Waals surface area (Å²) in [6, 6.07) is 8.56. The van der Waals surface area contributed by atoms with Crippen molar-refractivity contribution in [3.05, 3.63) is 41.9 Å². The Morgan fingerprint density at radius 3 is 2.65 bits per heavy atom. The average molecular weight is 261 g/mol. The lowest BCUT2D eigenvalue weighted by Crippen LogP contribution is -1.86. The highest BCUT2D eigenvalue weighted by molar-refractivity contribution is 8.01. The van der Waals surface area contributed by atoms with E-state index in [1.54, 1.807) is 29.4 Å². The van der Waals surface area contributed by atoms with Crippen molar-refractivity contribution >= 4 is 28.1 Å². The third-order valence-corrected chi connectivity index (χ3v) is 4.98. The van der Waals surface area contributed by atoms with Crippen molar-refractivity contribution < 1.29 is 0 Å². The molecule has 1 aromatic carbocycles. The lowest BCUT2D eigenvalue weighted by Gasteiger charge is -2.00. The normalized spacial score (nSPS) is 11.2. The minimum atomic E-state index is 0.956. The molecule has 0 spiro atoms. The summed E-state index contributed by atoms with van der Waals surface area (Å²) in [4.78, 5) is 6.42. The molecule has 0 saturated heterocycles. The monoisotopic (exact) mass is 261 g/mol. The molecule has 3 nitrogen and oxygen atoms in total. The highest BCUT2D eigenvalue weighted by Crippen LogP contribution is 2.35. The van der Waals surface area contributed by atoms with Crippen molar-refractivity contribution in [1.29, 1.82) is 0 Å². The lowest BCUT2D eigenvalue weighted by molar-refractivity contribution is 0.915. The van der Waals surface area contributed by atoms with E-state index >= 15 is 0 Å². The number of rotatable bonds is 2. The Balaban J connectivity index is 1.96. The zero-order valence-electron chi connectivity index (χ0n) is 9.54.